The van der Waals surface area contributed by atoms with Crippen LogP contribution >= 0.6 is 0 Å². The summed E-state index contributed by atoms with van der Waals surface area (Å²) in [6.45, 7) is 5.98. The van der Waals surface area contributed by atoms with Gasteiger partial charge in [-0.15, -0.1) is 0 Å². The number of nitrogens with one attached hydrogen (secondary N) is 1. The van der Waals surface area contributed by atoms with Crippen LogP contribution in [-0.2, 0) is 16.7 Å². The number of aromatic carboxylic acids is 1. The number of rotatable bonds is 9. The summed E-state index contributed by atoms with van der Waals surface area (Å²) in [7, 11) is 1.91. The Balaban J connectivity index is 1.20. The summed E-state index contributed by atoms with van der Waals surface area (Å²) in [5, 5.41) is 12.8. The van der Waals surface area contributed by atoms with Gasteiger partial charge in [0.15, 0.2) is 0 Å². The van der Waals surface area contributed by atoms with Gasteiger partial charge in [-0.1, -0.05) is 30.7 Å². The van der Waals surface area contributed by atoms with Crippen molar-refractivity contribution in [1.82, 2.24) is 10.2 Å². The number of methoxy groups -OCH3 is 1. The van der Waals surface area contributed by atoms with Crippen LogP contribution in [0.15, 0.2) is 48.5 Å². The fraction of sp³-hybridized carbons (Fsp3) is 0.567. The van der Waals surface area contributed by atoms with Gasteiger partial charge in [-0.25, -0.2) is 4.79 Å². The zero-order valence-corrected chi connectivity index (χ0v) is 21.5. The van der Waals surface area contributed by atoms with Gasteiger partial charge in [0.05, 0.1) is 18.3 Å². The molecule has 2 aliphatic heterocycles. The van der Waals surface area contributed by atoms with Crippen molar-refractivity contribution in [1.29, 1.82) is 0 Å². The van der Waals surface area contributed by atoms with E-state index in [2.05, 4.69) is 34.5 Å². The molecule has 0 aromatic heterocycles. The Kier molecular flexibility index (Phi) is 7.94. The third-order valence-corrected chi connectivity index (χ3v) is 8.97. The van der Waals surface area contributed by atoms with Crippen molar-refractivity contribution in [2.75, 3.05) is 39.9 Å². The van der Waals surface area contributed by atoms with Gasteiger partial charge < -0.3 is 24.8 Å². The van der Waals surface area contributed by atoms with Gasteiger partial charge in [0.1, 0.15) is 5.75 Å². The smallest absolute Gasteiger partial charge is 0.335 e. The average Bonchev–Trinajstić information content (AvgIpc) is 3.41. The van der Waals surface area contributed by atoms with Crippen LogP contribution in [0, 0.1) is 11.8 Å². The maximum Gasteiger partial charge on any atom is 0.335 e. The van der Waals surface area contributed by atoms with E-state index >= 15 is 0 Å². The first-order valence-electron chi connectivity index (χ1n) is 13.6. The molecule has 1 saturated carbocycles. The molecule has 0 radical (unpaired) electrons. The minimum Gasteiger partial charge on any atom is -0.494 e. The molecule has 36 heavy (non-hydrogen) atoms. The number of nitrogens with zero attached hydrogens (tertiary/aromatic N) is 1. The molecule has 2 fully saturated rings. The topological polar surface area (TPSA) is 71.0 Å². The van der Waals surface area contributed by atoms with Gasteiger partial charge in [-0.3, -0.25) is 0 Å². The average molecular weight is 493 g/mol. The lowest BCUT2D eigenvalue weighted by Gasteiger charge is -2.53. The molecule has 3 atom stereocenters. The van der Waals surface area contributed by atoms with E-state index in [-0.39, 0.29) is 11.0 Å². The van der Waals surface area contributed by atoms with Gasteiger partial charge in [-0.2, -0.15) is 0 Å². The zero-order valence-electron chi connectivity index (χ0n) is 21.5. The molecule has 0 bridgehead atoms. The van der Waals surface area contributed by atoms with E-state index in [4.69, 9.17) is 14.6 Å². The summed E-state index contributed by atoms with van der Waals surface area (Å²) in [5.74, 6) is 1.06. The molecule has 2 heterocycles. The van der Waals surface area contributed by atoms with Crippen molar-refractivity contribution in [2.45, 2.75) is 56.6 Å². The number of carboxylic acids is 1. The van der Waals surface area contributed by atoms with Crippen LogP contribution in [0.1, 0.15) is 60.0 Å². The van der Waals surface area contributed by atoms with E-state index in [0.29, 0.717) is 24.5 Å². The first-order chi connectivity index (χ1) is 17.6. The van der Waals surface area contributed by atoms with Gasteiger partial charge in [0.2, 0.25) is 0 Å². The standard InChI is InChI=1S/C30H40N2O4/c1-35-28-9-4-8-27(28)30(21-31-20-23-6-2-3-7-26(23)30)24-14-17-32(18-15-24)16-5-19-36-25-12-10-22(11-13-25)29(33)34/h2-3,6-7,10-13,24,27-28,31H,4-5,8-9,14-21H2,1H3,(H,33,34)/t27-,28-,30?/m1/s1. The highest BCUT2D eigenvalue weighted by molar-refractivity contribution is 5.87. The molecule has 1 aliphatic carbocycles. The van der Waals surface area contributed by atoms with Crippen molar-refractivity contribution in [3.05, 3.63) is 65.2 Å². The van der Waals surface area contributed by atoms with Crippen molar-refractivity contribution >= 4 is 5.97 Å². The van der Waals surface area contributed by atoms with Crippen molar-refractivity contribution in [2.24, 2.45) is 11.8 Å². The summed E-state index contributed by atoms with van der Waals surface area (Å²) >= 11 is 0. The van der Waals surface area contributed by atoms with E-state index in [1.807, 2.05) is 7.11 Å². The molecule has 194 valence electrons. The van der Waals surface area contributed by atoms with Gasteiger partial charge in [-0.05, 0) is 92.4 Å². The van der Waals surface area contributed by atoms with Gasteiger partial charge in [0, 0.05) is 32.2 Å². The largest absolute Gasteiger partial charge is 0.494 e. The van der Waals surface area contributed by atoms with Crippen LogP contribution in [0.5, 0.6) is 5.75 Å². The van der Waals surface area contributed by atoms with E-state index in [1.165, 1.54) is 37.7 Å². The minimum absolute atomic E-state index is 0.156. The highest BCUT2D eigenvalue weighted by atomic mass is 16.5. The highest BCUT2D eigenvalue weighted by Crippen LogP contribution is 2.52. The van der Waals surface area contributed by atoms with Crippen molar-refractivity contribution < 1.29 is 19.4 Å². The number of piperidine rings is 1. The molecule has 0 spiro atoms. The molecular weight excluding hydrogens is 452 g/mol. The Morgan fingerprint density at radius 3 is 2.61 bits per heavy atom. The molecule has 0 amide bonds. The van der Waals surface area contributed by atoms with E-state index < -0.39 is 5.97 Å². The van der Waals surface area contributed by atoms with Crippen LogP contribution in [-0.4, -0.2) is 62.0 Å². The number of hydrogen-bond donors (Lipinski definition) is 2. The highest BCUT2D eigenvalue weighted by Gasteiger charge is 2.53. The van der Waals surface area contributed by atoms with Crippen LogP contribution < -0.4 is 10.1 Å². The number of carbonyl (C=O) groups is 1. The SMILES string of the molecule is CO[C@@H]1CCC[C@H]1C1(C2CCN(CCCOc3ccc(C(=O)O)cc3)CC2)CNCc2ccccc21. The van der Waals surface area contributed by atoms with Crippen LogP contribution in [0.3, 0.4) is 0 Å². The Morgan fingerprint density at radius 1 is 1.08 bits per heavy atom. The number of likely N-dealkylation sites (tertiary alicyclic amines) is 1. The van der Waals surface area contributed by atoms with Crippen LogP contribution in [0.4, 0.5) is 0 Å². The Hall–Kier alpha value is -2.41. The Labute approximate surface area is 215 Å². The number of fused-ring (bicyclic) bond motifs is 1. The number of hydrogen-bond acceptors (Lipinski definition) is 5. The van der Waals surface area contributed by atoms with E-state index in [0.717, 1.165) is 44.9 Å². The lowest BCUT2D eigenvalue weighted by Crippen LogP contribution is -2.57. The quantitative estimate of drug-likeness (QED) is 0.494. The molecular formula is C30H40N2O4. The predicted molar refractivity (Wildman–Crippen MR) is 141 cm³/mol. The van der Waals surface area contributed by atoms with Crippen molar-refractivity contribution in [3.63, 3.8) is 0 Å². The molecule has 5 rings (SSSR count). The van der Waals surface area contributed by atoms with E-state index in [1.54, 1.807) is 29.8 Å². The second-order valence-corrected chi connectivity index (χ2v) is 10.8. The number of benzene rings is 2. The molecule has 6 nitrogen and oxygen atoms in total. The van der Waals surface area contributed by atoms with Crippen LogP contribution in [0.2, 0.25) is 0 Å². The molecule has 2 aromatic rings. The summed E-state index contributed by atoms with van der Waals surface area (Å²) < 4.78 is 11.9. The molecule has 2 N–H and O–H groups in total. The molecule has 3 aliphatic rings. The Morgan fingerprint density at radius 2 is 1.86 bits per heavy atom. The third kappa shape index (κ3) is 5.04. The summed E-state index contributed by atoms with van der Waals surface area (Å²) in [4.78, 5) is 13.6. The lowest BCUT2D eigenvalue weighted by atomic mass is 9.57. The van der Waals surface area contributed by atoms with Crippen molar-refractivity contribution in [3.8, 4) is 5.75 Å². The monoisotopic (exact) mass is 492 g/mol. The zero-order chi connectivity index (χ0) is 25.0. The number of ether oxygens (including phenoxy) is 2. The summed E-state index contributed by atoms with van der Waals surface area (Å²) in [5.41, 5.74) is 3.50. The van der Waals surface area contributed by atoms with Gasteiger partial charge >= 0.3 is 5.97 Å². The normalized spacial score (nSPS) is 27.0. The number of carboxylic acid groups (broad SMARTS) is 1. The maximum absolute atomic E-state index is 11.0. The fourth-order valence-electron chi connectivity index (χ4n) is 7.27. The lowest BCUT2D eigenvalue weighted by molar-refractivity contribution is -0.00323. The summed E-state index contributed by atoms with van der Waals surface area (Å²) in [6, 6.07) is 15.8. The molecule has 2 aromatic carbocycles. The third-order valence-electron chi connectivity index (χ3n) is 8.97. The second kappa shape index (κ2) is 11.3. The van der Waals surface area contributed by atoms with E-state index in [9.17, 15) is 4.79 Å². The minimum atomic E-state index is -0.912. The molecule has 1 unspecified atom stereocenters. The van der Waals surface area contributed by atoms with Gasteiger partial charge in [0.25, 0.3) is 0 Å². The first-order valence-corrected chi connectivity index (χ1v) is 13.6. The second-order valence-electron chi connectivity index (χ2n) is 10.8. The maximum atomic E-state index is 11.0. The van der Waals surface area contributed by atoms with Crippen LogP contribution in [0.25, 0.3) is 0 Å². The predicted octanol–water partition coefficient (Wildman–Crippen LogP) is 4.72. The molecule has 6 heteroatoms. The first kappa shape index (κ1) is 25.2. The molecule has 1 saturated heterocycles. The Bertz CT molecular complexity index is 1020. The summed E-state index contributed by atoms with van der Waals surface area (Å²) in [6.07, 6.45) is 7.49. The fourth-order valence-corrected chi connectivity index (χ4v) is 7.27.